The second-order valence-electron chi connectivity index (χ2n) is 4.16. The van der Waals surface area contributed by atoms with Crippen molar-refractivity contribution in [3.63, 3.8) is 0 Å². The predicted octanol–water partition coefficient (Wildman–Crippen LogP) is 0.0600. The highest BCUT2D eigenvalue weighted by atomic mass is 16.4. The maximum Gasteiger partial charge on any atom is 0.323 e. The van der Waals surface area contributed by atoms with Gasteiger partial charge in [-0.25, -0.2) is 0 Å². The van der Waals surface area contributed by atoms with Crippen molar-refractivity contribution in [2.45, 2.75) is 38.8 Å². The number of aliphatic carboxylic acids is 1. The molecule has 86 valence electrons. The van der Waals surface area contributed by atoms with E-state index in [2.05, 4.69) is 5.32 Å². The average molecular weight is 214 g/mol. The topological polar surface area (TPSA) is 69.6 Å². The number of nitrogens with zero attached hydrogens (tertiary/aromatic N) is 1. The Bertz CT molecular complexity index is 249. The maximum atomic E-state index is 11.7. The van der Waals surface area contributed by atoms with Crippen LogP contribution in [0.15, 0.2) is 0 Å². The van der Waals surface area contributed by atoms with Crippen LogP contribution < -0.4 is 5.32 Å². The summed E-state index contributed by atoms with van der Waals surface area (Å²) in [6.07, 6.45) is 2.24. The van der Waals surface area contributed by atoms with E-state index in [0.717, 1.165) is 12.8 Å². The fourth-order valence-corrected chi connectivity index (χ4v) is 1.33. The molecule has 15 heavy (non-hydrogen) atoms. The zero-order chi connectivity index (χ0) is 11.4. The summed E-state index contributed by atoms with van der Waals surface area (Å²) in [6.45, 7) is 3.66. The Balaban J connectivity index is 2.38. The first kappa shape index (κ1) is 12.0. The molecule has 2 N–H and O–H groups in total. The van der Waals surface area contributed by atoms with Crippen molar-refractivity contribution in [2.75, 3.05) is 13.1 Å². The molecule has 0 atom stereocenters. The van der Waals surface area contributed by atoms with Crippen LogP contribution in [0.2, 0.25) is 0 Å². The van der Waals surface area contributed by atoms with Crippen LogP contribution in [0.25, 0.3) is 0 Å². The summed E-state index contributed by atoms with van der Waals surface area (Å²) in [7, 11) is 0. The fraction of sp³-hybridized carbons (Fsp3) is 0.800. The van der Waals surface area contributed by atoms with Gasteiger partial charge in [0.1, 0.15) is 6.54 Å². The maximum absolute atomic E-state index is 11.7. The lowest BCUT2D eigenvalue weighted by molar-refractivity contribution is -0.145. The third-order valence-corrected chi connectivity index (χ3v) is 2.37. The van der Waals surface area contributed by atoms with Crippen molar-refractivity contribution in [1.82, 2.24) is 10.2 Å². The molecular weight excluding hydrogens is 196 g/mol. The highest BCUT2D eigenvalue weighted by Crippen LogP contribution is 2.18. The van der Waals surface area contributed by atoms with E-state index in [1.165, 1.54) is 4.90 Å². The third-order valence-electron chi connectivity index (χ3n) is 2.37. The Morgan fingerprint density at radius 1 is 1.47 bits per heavy atom. The summed E-state index contributed by atoms with van der Waals surface area (Å²) in [5.41, 5.74) is 0. The van der Waals surface area contributed by atoms with Gasteiger partial charge in [-0.05, 0) is 26.7 Å². The van der Waals surface area contributed by atoms with Crippen molar-refractivity contribution < 1.29 is 14.7 Å². The monoisotopic (exact) mass is 214 g/mol. The molecule has 0 aliphatic heterocycles. The number of rotatable bonds is 6. The largest absolute Gasteiger partial charge is 0.480 e. The van der Waals surface area contributed by atoms with E-state index in [4.69, 9.17) is 5.11 Å². The van der Waals surface area contributed by atoms with Crippen molar-refractivity contribution in [3.05, 3.63) is 0 Å². The van der Waals surface area contributed by atoms with Gasteiger partial charge in [-0.15, -0.1) is 0 Å². The molecule has 1 saturated carbocycles. The summed E-state index contributed by atoms with van der Waals surface area (Å²) < 4.78 is 0. The number of nitrogens with one attached hydrogen (secondary N) is 1. The molecule has 0 aromatic rings. The van der Waals surface area contributed by atoms with Crippen LogP contribution >= 0.6 is 0 Å². The Morgan fingerprint density at radius 2 is 2.07 bits per heavy atom. The van der Waals surface area contributed by atoms with Crippen LogP contribution in [0.4, 0.5) is 0 Å². The van der Waals surface area contributed by atoms with Gasteiger partial charge < -0.3 is 15.3 Å². The van der Waals surface area contributed by atoms with E-state index >= 15 is 0 Å². The first-order valence-corrected chi connectivity index (χ1v) is 5.25. The summed E-state index contributed by atoms with van der Waals surface area (Å²) in [4.78, 5) is 23.6. The van der Waals surface area contributed by atoms with Crippen LogP contribution in [0.5, 0.6) is 0 Å². The first-order chi connectivity index (χ1) is 7.00. The lowest BCUT2D eigenvalue weighted by Crippen LogP contribution is -2.45. The fourth-order valence-electron chi connectivity index (χ4n) is 1.33. The highest BCUT2D eigenvalue weighted by Gasteiger charge is 2.24. The number of amides is 1. The normalized spacial score (nSPS) is 15.4. The van der Waals surface area contributed by atoms with Crippen molar-refractivity contribution >= 4 is 11.9 Å². The molecule has 1 amide bonds. The molecule has 0 aromatic heterocycles. The smallest absolute Gasteiger partial charge is 0.323 e. The minimum Gasteiger partial charge on any atom is -0.480 e. The quantitative estimate of drug-likeness (QED) is 0.656. The molecule has 0 heterocycles. The molecule has 5 heteroatoms. The molecule has 0 radical (unpaired) electrons. The molecule has 1 rings (SSSR count). The lowest BCUT2D eigenvalue weighted by Gasteiger charge is -2.25. The number of hydrogen-bond acceptors (Lipinski definition) is 3. The summed E-state index contributed by atoms with van der Waals surface area (Å²) in [6, 6.07) is 0.391. The molecular formula is C10H18N2O3. The molecule has 1 aliphatic rings. The molecule has 0 spiro atoms. The van der Waals surface area contributed by atoms with Gasteiger partial charge in [0.15, 0.2) is 0 Å². The van der Waals surface area contributed by atoms with E-state index in [-0.39, 0.29) is 25.0 Å². The summed E-state index contributed by atoms with van der Waals surface area (Å²) in [5, 5.41) is 11.7. The van der Waals surface area contributed by atoms with Gasteiger partial charge in [-0.3, -0.25) is 9.59 Å². The van der Waals surface area contributed by atoms with Crippen LogP contribution in [-0.2, 0) is 9.59 Å². The van der Waals surface area contributed by atoms with Crippen molar-refractivity contribution in [1.29, 1.82) is 0 Å². The third kappa shape index (κ3) is 4.29. The molecule has 1 fully saturated rings. The average Bonchev–Trinajstić information content (AvgIpc) is 2.93. The summed E-state index contributed by atoms with van der Waals surface area (Å²) >= 11 is 0. The minimum atomic E-state index is -0.969. The van der Waals surface area contributed by atoms with Crippen LogP contribution in [0.1, 0.15) is 26.7 Å². The van der Waals surface area contributed by atoms with Gasteiger partial charge in [0.05, 0.1) is 6.54 Å². The van der Waals surface area contributed by atoms with Gasteiger partial charge in [0.25, 0.3) is 0 Å². The van der Waals surface area contributed by atoms with Gasteiger partial charge in [0.2, 0.25) is 5.91 Å². The predicted molar refractivity (Wildman–Crippen MR) is 55.5 cm³/mol. The number of hydrogen-bond donors (Lipinski definition) is 2. The molecule has 0 bridgehead atoms. The molecule has 0 aromatic carbocycles. The van der Waals surface area contributed by atoms with Gasteiger partial charge in [-0.2, -0.15) is 0 Å². The zero-order valence-electron chi connectivity index (χ0n) is 9.19. The Labute approximate surface area is 89.4 Å². The second-order valence-corrected chi connectivity index (χ2v) is 4.16. The number of carboxylic acids is 1. The number of carboxylic acid groups (broad SMARTS) is 1. The Hall–Kier alpha value is -1.10. The minimum absolute atomic E-state index is 0.0744. The second kappa shape index (κ2) is 5.11. The SMILES string of the molecule is CC(C)N(CC(=O)O)C(=O)CNC1CC1. The number of carbonyl (C=O) groups excluding carboxylic acids is 1. The molecule has 5 nitrogen and oxygen atoms in total. The molecule has 1 aliphatic carbocycles. The van der Waals surface area contributed by atoms with Gasteiger partial charge >= 0.3 is 5.97 Å². The molecule has 0 saturated heterocycles. The van der Waals surface area contributed by atoms with Crippen molar-refractivity contribution in [3.8, 4) is 0 Å². The Kier molecular flexibility index (Phi) is 4.08. The Morgan fingerprint density at radius 3 is 2.47 bits per heavy atom. The summed E-state index contributed by atoms with van der Waals surface area (Å²) in [5.74, 6) is -1.11. The van der Waals surface area contributed by atoms with Crippen LogP contribution in [-0.4, -0.2) is 47.1 Å². The lowest BCUT2D eigenvalue weighted by atomic mass is 10.3. The standard InChI is InChI=1S/C10H18N2O3/c1-7(2)12(6-10(14)15)9(13)5-11-8-3-4-8/h7-8,11H,3-6H2,1-2H3,(H,14,15). The highest BCUT2D eigenvalue weighted by molar-refractivity contribution is 5.83. The van der Waals surface area contributed by atoms with Crippen LogP contribution in [0.3, 0.4) is 0 Å². The van der Waals surface area contributed by atoms with E-state index in [1.807, 2.05) is 13.8 Å². The van der Waals surface area contributed by atoms with Crippen molar-refractivity contribution in [2.24, 2.45) is 0 Å². The van der Waals surface area contributed by atoms with E-state index in [9.17, 15) is 9.59 Å². The first-order valence-electron chi connectivity index (χ1n) is 5.25. The molecule has 0 unspecified atom stereocenters. The van der Waals surface area contributed by atoms with Crippen LogP contribution in [0, 0.1) is 0 Å². The van der Waals surface area contributed by atoms with E-state index < -0.39 is 5.97 Å². The van der Waals surface area contributed by atoms with Gasteiger partial charge in [0, 0.05) is 12.1 Å². The van der Waals surface area contributed by atoms with E-state index in [1.54, 1.807) is 0 Å². The van der Waals surface area contributed by atoms with Gasteiger partial charge in [-0.1, -0.05) is 0 Å². The number of carbonyl (C=O) groups is 2. The van der Waals surface area contributed by atoms with E-state index in [0.29, 0.717) is 6.04 Å². The zero-order valence-corrected chi connectivity index (χ0v) is 9.19.